The Morgan fingerprint density at radius 1 is 0.714 bits per heavy atom. The highest BCUT2D eigenvalue weighted by Gasteiger charge is 2.38. The quantitative estimate of drug-likeness (QED) is 0.132. The molecule has 4 rings (SSSR count). The van der Waals surface area contributed by atoms with E-state index in [1.54, 1.807) is 6.92 Å². The summed E-state index contributed by atoms with van der Waals surface area (Å²) in [5.74, 6) is -2.60. The average molecular weight is 586 g/mol. The Hall–Kier alpha value is -4.19. The predicted molar refractivity (Wildman–Crippen MR) is 164 cm³/mol. The average Bonchev–Trinajstić information content (AvgIpc) is 3.01. The lowest BCUT2D eigenvalue weighted by atomic mass is 9.98. The number of carbonyl (C=O) groups is 2. The zero-order valence-corrected chi connectivity index (χ0v) is 24.5. The molecule has 218 valence electrons. The molecular weight excluding hydrogens is 549 g/mol. The molecule has 0 saturated heterocycles. The molecule has 0 radical (unpaired) electrons. The Balaban J connectivity index is 1.51. The van der Waals surface area contributed by atoms with Crippen molar-refractivity contribution in [2.24, 2.45) is 5.92 Å². The van der Waals surface area contributed by atoms with E-state index in [0.717, 1.165) is 27.8 Å². The predicted octanol–water partition coefficient (Wildman–Crippen LogP) is 6.84. The molecule has 0 aliphatic carbocycles. The Kier molecular flexibility index (Phi) is 11.1. The fourth-order valence-corrected chi connectivity index (χ4v) is 6.67. The Labute approximate surface area is 247 Å². The maximum Gasteiger partial charge on any atom is 0.408 e. The molecule has 3 atom stereocenters. The molecule has 0 aromatic heterocycles. The summed E-state index contributed by atoms with van der Waals surface area (Å²) in [6, 6.07) is 36.0. The number of esters is 1. The largest absolute Gasteiger partial charge is 0.466 e. The third kappa shape index (κ3) is 9.16. The Bertz CT molecular complexity index is 1460. The molecule has 42 heavy (non-hydrogen) atoms. The number of carbonyl (C=O) groups excluding carboxylic acids is 2. The fraction of sp³-hybridized carbons (Fsp3) is 0.235. The van der Waals surface area contributed by atoms with Gasteiger partial charge >= 0.3 is 12.1 Å². The molecule has 0 aliphatic heterocycles. The van der Waals surface area contributed by atoms with Crippen LogP contribution in [-0.4, -0.2) is 35.5 Å². The molecule has 0 fully saturated rings. The van der Waals surface area contributed by atoms with Crippen molar-refractivity contribution in [2.75, 3.05) is 12.8 Å². The van der Waals surface area contributed by atoms with Gasteiger partial charge in [-0.2, -0.15) is 0 Å². The summed E-state index contributed by atoms with van der Waals surface area (Å²) in [4.78, 5) is 37.2. The van der Waals surface area contributed by atoms with Gasteiger partial charge in [0.15, 0.2) is 0 Å². The first-order chi connectivity index (χ1) is 20.3. The van der Waals surface area contributed by atoms with Crippen molar-refractivity contribution < 1.29 is 28.5 Å². The molecule has 4 aromatic rings. The van der Waals surface area contributed by atoms with Crippen molar-refractivity contribution >= 4 is 19.4 Å². The molecule has 4 aromatic carbocycles. The van der Waals surface area contributed by atoms with Gasteiger partial charge in [0, 0.05) is 12.6 Å². The minimum absolute atomic E-state index is 0.0187. The van der Waals surface area contributed by atoms with Gasteiger partial charge in [-0.1, -0.05) is 115 Å². The molecule has 0 heterocycles. The molecular formula is C34H36NO6P. The molecule has 2 unspecified atom stereocenters. The molecule has 2 N–H and O–H groups in total. The van der Waals surface area contributed by atoms with E-state index in [-0.39, 0.29) is 32.2 Å². The molecule has 8 heteroatoms. The van der Waals surface area contributed by atoms with E-state index in [0.29, 0.717) is 0 Å². The minimum atomic E-state index is -4.16. The van der Waals surface area contributed by atoms with Crippen LogP contribution < -0.4 is 5.32 Å². The topological polar surface area (TPSA) is 102 Å². The highest BCUT2D eigenvalue weighted by Crippen LogP contribution is 2.48. The molecule has 0 spiro atoms. The van der Waals surface area contributed by atoms with Gasteiger partial charge in [0.2, 0.25) is 7.37 Å². The van der Waals surface area contributed by atoms with Crippen LogP contribution in [0, 0.1) is 5.92 Å². The molecule has 0 aliphatic rings. The summed E-state index contributed by atoms with van der Waals surface area (Å²) in [7, 11) is -4.16. The first-order valence-electron chi connectivity index (χ1n) is 14.0. The second-order valence-electron chi connectivity index (χ2n) is 10.1. The van der Waals surface area contributed by atoms with Crippen LogP contribution in [-0.2, 0) is 38.3 Å². The fourth-order valence-electron chi connectivity index (χ4n) is 4.71. The van der Waals surface area contributed by atoms with Crippen LogP contribution in [0.5, 0.6) is 0 Å². The van der Waals surface area contributed by atoms with E-state index in [2.05, 4.69) is 5.32 Å². The molecule has 1 amide bonds. The van der Waals surface area contributed by atoms with Crippen molar-refractivity contribution in [3.8, 4) is 11.1 Å². The summed E-state index contributed by atoms with van der Waals surface area (Å²) < 4.78 is 24.6. The Morgan fingerprint density at radius 3 is 1.83 bits per heavy atom. The summed E-state index contributed by atoms with van der Waals surface area (Å²) in [5, 5.41) is 2.62. The first kappa shape index (κ1) is 30.8. The Morgan fingerprint density at radius 2 is 1.24 bits per heavy atom. The van der Waals surface area contributed by atoms with Crippen molar-refractivity contribution in [3.05, 3.63) is 132 Å². The van der Waals surface area contributed by atoms with Crippen molar-refractivity contribution in [1.29, 1.82) is 0 Å². The van der Waals surface area contributed by atoms with Crippen molar-refractivity contribution in [3.63, 3.8) is 0 Å². The summed E-state index contributed by atoms with van der Waals surface area (Å²) in [5.41, 5.74) is 4.49. The second-order valence-corrected chi connectivity index (χ2v) is 12.6. The van der Waals surface area contributed by atoms with Crippen molar-refractivity contribution in [1.82, 2.24) is 5.32 Å². The molecule has 0 bridgehead atoms. The van der Waals surface area contributed by atoms with E-state index >= 15 is 0 Å². The lowest BCUT2D eigenvalue weighted by molar-refractivity contribution is -0.147. The van der Waals surface area contributed by atoms with E-state index in [9.17, 15) is 19.0 Å². The second kappa shape index (κ2) is 15.2. The number of hydrogen-bond donors (Lipinski definition) is 2. The van der Waals surface area contributed by atoms with E-state index in [1.165, 1.54) is 0 Å². The highest BCUT2D eigenvalue weighted by atomic mass is 31.2. The standard InChI is InChI=1S/C34H36NO6P/c1-2-40-33(36)31(22-27-18-20-30(21-19-27)29-16-10-5-11-17-29)25-42(38,39)32(23-26-12-6-3-7-13-26)35-34(37)41-24-28-14-8-4-9-15-28/h3-21,31-32H,2,22-25H2,1H3,(H,35,37)(H,38,39)/t31?,32-/m1/s1. The van der Waals surface area contributed by atoms with E-state index in [4.69, 9.17) is 9.47 Å². The number of benzene rings is 4. The lowest BCUT2D eigenvalue weighted by Gasteiger charge is -2.27. The summed E-state index contributed by atoms with van der Waals surface area (Å²) in [6.45, 7) is 1.87. The SMILES string of the molecule is CCOC(=O)C(Cc1ccc(-c2ccccc2)cc1)CP(=O)(O)[C@H](Cc1ccccc1)NC(=O)OCc1ccccc1. The van der Waals surface area contributed by atoms with Crippen LogP contribution in [0.3, 0.4) is 0 Å². The van der Waals surface area contributed by atoms with Crippen LogP contribution in [0.25, 0.3) is 11.1 Å². The van der Waals surface area contributed by atoms with Crippen LogP contribution in [0.15, 0.2) is 115 Å². The van der Waals surface area contributed by atoms with Gasteiger partial charge in [-0.25, -0.2) is 4.79 Å². The normalized spacial score (nSPS) is 13.8. The highest BCUT2D eigenvalue weighted by molar-refractivity contribution is 7.58. The van der Waals surface area contributed by atoms with Crippen molar-refractivity contribution in [2.45, 2.75) is 32.2 Å². The number of rotatable bonds is 13. The van der Waals surface area contributed by atoms with Gasteiger partial charge < -0.3 is 19.7 Å². The smallest absolute Gasteiger partial charge is 0.408 e. The number of amides is 1. The van der Waals surface area contributed by atoms with Gasteiger partial charge in [0.05, 0.1) is 12.5 Å². The summed E-state index contributed by atoms with van der Waals surface area (Å²) >= 11 is 0. The van der Waals surface area contributed by atoms with Crippen LogP contribution >= 0.6 is 7.37 Å². The first-order valence-corrected chi connectivity index (χ1v) is 15.9. The maximum atomic E-state index is 14.0. The van der Waals surface area contributed by atoms with E-state index in [1.807, 2.05) is 115 Å². The third-order valence-corrected chi connectivity index (χ3v) is 9.15. The van der Waals surface area contributed by atoms with Gasteiger partial charge in [-0.05, 0) is 41.2 Å². The molecule has 0 saturated carbocycles. The van der Waals surface area contributed by atoms with Crippen LogP contribution in [0.4, 0.5) is 4.79 Å². The number of nitrogens with one attached hydrogen (secondary N) is 1. The number of ether oxygens (including phenoxy) is 2. The van der Waals surface area contributed by atoms with Gasteiger partial charge in [0.25, 0.3) is 0 Å². The van der Waals surface area contributed by atoms with Gasteiger partial charge in [0.1, 0.15) is 12.4 Å². The zero-order chi connectivity index (χ0) is 29.8. The van der Waals surface area contributed by atoms with E-state index < -0.39 is 31.1 Å². The molecule has 7 nitrogen and oxygen atoms in total. The van der Waals surface area contributed by atoms with Gasteiger partial charge in [-0.15, -0.1) is 0 Å². The number of alkyl carbamates (subject to hydrolysis) is 1. The van der Waals surface area contributed by atoms with Crippen LogP contribution in [0.2, 0.25) is 0 Å². The van der Waals surface area contributed by atoms with Crippen LogP contribution in [0.1, 0.15) is 23.6 Å². The summed E-state index contributed by atoms with van der Waals surface area (Å²) in [6.07, 6.45) is -0.855. The maximum absolute atomic E-state index is 14.0. The number of hydrogen-bond acceptors (Lipinski definition) is 5. The zero-order valence-electron chi connectivity index (χ0n) is 23.6. The third-order valence-electron chi connectivity index (χ3n) is 6.90. The lowest BCUT2D eigenvalue weighted by Crippen LogP contribution is -2.38. The van der Waals surface area contributed by atoms with Gasteiger partial charge in [-0.3, -0.25) is 9.36 Å². The monoisotopic (exact) mass is 585 g/mol. The minimum Gasteiger partial charge on any atom is -0.466 e.